The molecular weight excluding hydrogens is 334 g/mol. The second-order valence-corrected chi connectivity index (χ2v) is 7.33. The summed E-state index contributed by atoms with van der Waals surface area (Å²) in [7, 11) is 0. The number of hydrogen-bond donors (Lipinski definition) is 1. The molecule has 132 valence electrons. The van der Waals surface area contributed by atoms with E-state index in [1.807, 2.05) is 25.3 Å². The Morgan fingerprint density at radius 3 is 2.84 bits per heavy atom. The van der Waals surface area contributed by atoms with E-state index in [0.717, 1.165) is 41.1 Å². The summed E-state index contributed by atoms with van der Waals surface area (Å²) in [5.41, 5.74) is 2.88. The van der Waals surface area contributed by atoms with E-state index in [9.17, 15) is 0 Å². The Bertz CT molecular complexity index is 866. The van der Waals surface area contributed by atoms with Gasteiger partial charge in [0.1, 0.15) is 16.6 Å². The maximum absolute atomic E-state index is 6.33. The molecule has 0 bridgehead atoms. The highest BCUT2D eigenvalue weighted by Crippen LogP contribution is 2.30. The molecule has 0 atom stereocenters. The second kappa shape index (κ2) is 7.00. The zero-order chi connectivity index (χ0) is 17.2. The van der Waals surface area contributed by atoms with E-state index in [4.69, 9.17) is 9.72 Å². The molecule has 0 unspecified atom stereocenters. The van der Waals surface area contributed by atoms with E-state index in [1.54, 1.807) is 0 Å². The van der Waals surface area contributed by atoms with Crippen LogP contribution in [0.4, 0.5) is 10.9 Å². The number of anilines is 2. The zero-order valence-electron chi connectivity index (χ0n) is 14.7. The largest absolute Gasteiger partial charge is 0.473 e. The predicted octanol–water partition coefficient (Wildman–Crippen LogP) is 4.67. The van der Waals surface area contributed by atoms with Gasteiger partial charge in [-0.2, -0.15) is 9.36 Å². The van der Waals surface area contributed by atoms with E-state index >= 15 is 0 Å². The fraction of sp³-hybridized carbons (Fsp3) is 0.500. The minimum Gasteiger partial charge on any atom is -0.473 e. The lowest BCUT2D eigenvalue weighted by atomic mass is 9.98. The number of aryl methyl sites for hydroxylation is 2. The van der Waals surface area contributed by atoms with Crippen molar-refractivity contribution in [1.29, 1.82) is 0 Å². The minimum absolute atomic E-state index is 0.255. The molecule has 1 saturated carbocycles. The summed E-state index contributed by atoms with van der Waals surface area (Å²) in [6, 6.07) is 4.02. The van der Waals surface area contributed by atoms with Crippen LogP contribution in [0.3, 0.4) is 0 Å². The number of nitrogens with one attached hydrogen (secondary N) is 1. The summed E-state index contributed by atoms with van der Waals surface area (Å²) in [5, 5.41) is 4.21. The van der Waals surface area contributed by atoms with Crippen molar-refractivity contribution in [2.45, 2.75) is 58.6 Å². The molecule has 1 aliphatic carbocycles. The van der Waals surface area contributed by atoms with Crippen LogP contribution in [0.25, 0.3) is 11.0 Å². The third-order valence-electron chi connectivity index (χ3n) is 4.61. The molecule has 25 heavy (non-hydrogen) atoms. The van der Waals surface area contributed by atoms with Crippen molar-refractivity contribution in [3.63, 3.8) is 0 Å². The Labute approximate surface area is 151 Å². The lowest BCUT2D eigenvalue weighted by Crippen LogP contribution is -2.21. The fourth-order valence-electron chi connectivity index (χ4n) is 3.35. The summed E-state index contributed by atoms with van der Waals surface area (Å²) in [6.45, 7) is 4.97. The van der Waals surface area contributed by atoms with Crippen LogP contribution in [-0.2, 0) is 6.54 Å². The third kappa shape index (κ3) is 3.46. The lowest BCUT2D eigenvalue weighted by molar-refractivity contribution is 0.150. The van der Waals surface area contributed by atoms with Crippen molar-refractivity contribution in [2.24, 2.45) is 0 Å². The highest BCUT2D eigenvalue weighted by Gasteiger charge is 2.20. The SMILES string of the molecule is CCn1ccc2nc(Nc3cc(C)ns3)nc(OC3CCCCC3)c21. The number of fused-ring (bicyclic) bond motifs is 1. The first kappa shape index (κ1) is 16.3. The first-order valence-electron chi connectivity index (χ1n) is 8.97. The quantitative estimate of drug-likeness (QED) is 0.719. The van der Waals surface area contributed by atoms with Gasteiger partial charge in [-0.05, 0) is 63.2 Å². The van der Waals surface area contributed by atoms with Gasteiger partial charge in [0.25, 0.3) is 0 Å². The summed E-state index contributed by atoms with van der Waals surface area (Å²) in [6.07, 6.45) is 8.29. The average Bonchev–Trinajstić information content (AvgIpc) is 3.22. The molecule has 7 heteroatoms. The average molecular weight is 357 g/mol. The summed E-state index contributed by atoms with van der Waals surface area (Å²) < 4.78 is 12.8. The number of ether oxygens (including phenoxy) is 1. The Morgan fingerprint density at radius 2 is 2.12 bits per heavy atom. The molecule has 0 aromatic carbocycles. The lowest BCUT2D eigenvalue weighted by Gasteiger charge is -2.23. The molecule has 1 fully saturated rings. The van der Waals surface area contributed by atoms with Crippen LogP contribution in [0.1, 0.15) is 44.7 Å². The monoisotopic (exact) mass is 357 g/mol. The zero-order valence-corrected chi connectivity index (χ0v) is 15.5. The predicted molar refractivity (Wildman–Crippen MR) is 101 cm³/mol. The minimum atomic E-state index is 0.255. The molecule has 3 heterocycles. The first-order chi connectivity index (χ1) is 12.2. The normalized spacial score (nSPS) is 15.6. The maximum atomic E-state index is 6.33. The summed E-state index contributed by atoms with van der Waals surface area (Å²) in [5.74, 6) is 1.25. The topological polar surface area (TPSA) is 64.9 Å². The Balaban J connectivity index is 1.69. The van der Waals surface area contributed by atoms with Gasteiger partial charge in [0.15, 0.2) is 0 Å². The number of aromatic nitrogens is 4. The highest BCUT2D eigenvalue weighted by molar-refractivity contribution is 7.10. The van der Waals surface area contributed by atoms with Crippen LogP contribution in [0.5, 0.6) is 5.88 Å². The van der Waals surface area contributed by atoms with Crippen molar-refractivity contribution in [3.8, 4) is 5.88 Å². The molecule has 6 nitrogen and oxygen atoms in total. The van der Waals surface area contributed by atoms with Gasteiger partial charge in [-0.1, -0.05) is 6.42 Å². The van der Waals surface area contributed by atoms with Gasteiger partial charge in [0.05, 0.1) is 11.2 Å². The van der Waals surface area contributed by atoms with Crippen molar-refractivity contribution in [1.82, 2.24) is 18.9 Å². The molecule has 3 aromatic heterocycles. The van der Waals surface area contributed by atoms with Crippen LogP contribution in [0, 0.1) is 6.92 Å². The van der Waals surface area contributed by atoms with Gasteiger partial charge >= 0.3 is 0 Å². The molecule has 3 aromatic rings. The molecule has 0 aliphatic heterocycles. The molecule has 0 saturated heterocycles. The molecule has 4 rings (SSSR count). The van der Waals surface area contributed by atoms with Gasteiger partial charge in [-0.15, -0.1) is 0 Å². The van der Waals surface area contributed by atoms with E-state index in [1.165, 1.54) is 30.8 Å². The van der Waals surface area contributed by atoms with Gasteiger partial charge < -0.3 is 14.6 Å². The van der Waals surface area contributed by atoms with Crippen LogP contribution in [0.2, 0.25) is 0 Å². The molecule has 1 aliphatic rings. The van der Waals surface area contributed by atoms with Crippen LogP contribution >= 0.6 is 11.5 Å². The molecule has 0 spiro atoms. The van der Waals surface area contributed by atoms with Crippen LogP contribution < -0.4 is 10.1 Å². The van der Waals surface area contributed by atoms with Crippen molar-refractivity contribution in [3.05, 3.63) is 24.0 Å². The van der Waals surface area contributed by atoms with Crippen molar-refractivity contribution < 1.29 is 4.74 Å². The van der Waals surface area contributed by atoms with Gasteiger partial charge in [-0.25, -0.2) is 4.98 Å². The Hall–Kier alpha value is -2.15. The number of rotatable bonds is 5. The van der Waals surface area contributed by atoms with Crippen molar-refractivity contribution >= 4 is 33.5 Å². The molecular formula is C18H23N5OS. The number of hydrogen-bond acceptors (Lipinski definition) is 6. The Kier molecular flexibility index (Phi) is 4.57. The first-order valence-corrected chi connectivity index (χ1v) is 9.74. The van der Waals surface area contributed by atoms with Gasteiger partial charge in [0, 0.05) is 12.7 Å². The van der Waals surface area contributed by atoms with E-state index in [2.05, 4.69) is 26.2 Å². The standard InChI is InChI=1S/C18H23N5OS/c1-3-23-10-9-14-16(23)17(24-13-7-5-4-6-8-13)21-18(19-14)20-15-11-12(2)22-25-15/h9-11,13H,3-8H2,1-2H3,(H,19,20,21). The van der Waals surface area contributed by atoms with E-state index in [-0.39, 0.29) is 6.10 Å². The Morgan fingerprint density at radius 1 is 1.28 bits per heavy atom. The van der Waals surface area contributed by atoms with Gasteiger partial charge in [0.2, 0.25) is 11.8 Å². The second-order valence-electron chi connectivity index (χ2n) is 6.52. The summed E-state index contributed by atoms with van der Waals surface area (Å²) >= 11 is 1.41. The number of nitrogens with zero attached hydrogens (tertiary/aromatic N) is 4. The van der Waals surface area contributed by atoms with E-state index < -0.39 is 0 Å². The van der Waals surface area contributed by atoms with Gasteiger partial charge in [-0.3, -0.25) is 0 Å². The smallest absolute Gasteiger partial charge is 0.243 e. The van der Waals surface area contributed by atoms with Crippen molar-refractivity contribution in [2.75, 3.05) is 5.32 Å². The maximum Gasteiger partial charge on any atom is 0.243 e. The molecule has 0 amide bonds. The highest BCUT2D eigenvalue weighted by atomic mass is 32.1. The molecule has 1 N–H and O–H groups in total. The van der Waals surface area contributed by atoms with E-state index in [0.29, 0.717) is 11.8 Å². The summed E-state index contributed by atoms with van der Waals surface area (Å²) in [4.78, 5) is 9.35. The van der Waals surface area contributed by atoms with Crippen LogP contribution in [-0.4, -0.2) is 25.0 Å². The van der Waals surface area contributed by atoms with Crippen LogP contribution in [0.15, 0.2) is 18.3 Å². The molecule has 0 radical (unpaired) electrons. The third-order valence-corrected chi connectivity index (χ3v) is 5.41. The fourth-order valence-corrected chi connectivity index (χ4v) is 4.00.